The van der Waals surface area contributed by atoms with Crippen LogP contribution >= 0.6 is 0 Å². The van der Waals surface area contributed by atoms with Gasteiger partial charge < -0.3 is 0 Å². The first-order chi connectivity index (χ1) is 15.0. The van der Waals surface area contributed by atoms with E-state index in [4.69, 9.17) is 0 Å². The summed E-state index contributed by atoms with van der Waals surface area (Å²) in [5.74, 6) is 0.924. The van der Waals surface area contributed by atoms with Crippen molar-refractivity contribution >= 4 is 27.6 Å². The van der Waals surface area contributed by atoms with Gasteiger partial charge in [0.2, 0.25) is 0 Å². The molecule has 0 unspecified atom stereocenters. The minimum atomic E-state index is 0.433. The third-order valence-electron chi connectivity index (χ3n) is 6.38. The van der Waals surface area contributed by atoms with Crippen molar-refractivity contribution in [2.24, 2.45) is 0 Å². The maximum atomic E-state index is 3.90. The summed E-state index contributed by atoms with van der Waals surface area (Å²) in [7, 11) is 0. The Balaban J connectivity index is 2.19. The number of allylic oxidation sites excluding steroid dienone is 2. The molecule has 31 heavy (non-hydrogen) atoms. The molecule has 0 amide bonds. The van der Waals surface area contributed by atoms with Crippen LogP contribution in [-0.2, 0) is 0 Å². The SMILES string of the molecule is C=C/C=C\c1c(C)c(-c2ccc(C(C)C)c3ccccc23)c2ccccc2c1C(C)C. The van der Waals surface area contributed by atoms with Gasteiger partial charge in [-0.3, -0.25) is 0 Å². The van der Waals surface area contributed by atoms with E-state index in [1.54, 1.807) is 0 Å². The van der Waals surface area contributed by atoms with Crippen LogP contribution in [0.3, 0.4) is 0 Å². The van der Waals surface area contributed by atoms with Gasteiger partial charge in [-0.25, -0.2) is 0 Å². The zero-order valence-electron chi connectivity index (χ0n) is 19.4. The predicted molar refractivity (Wildman–Crippen MR) is 139 cm³/mol. The normalized spacial score (nSPS) is 12.0. The Kier molecular flexibility index (Phi) is 5.83. The molecule has 0 nitrogen and oxygen atoms in total. The molecule has 0 atom stereocenters. The van der Waals surface area contributed by atoms with Gasteiger partial charge in [-0.05, 0) is 73.7 Å². The maximum Gasteiger partial charge on any atom is -0.00637 e. The summed E-state index contributed by atoms with van der Waals surface area (Å²) in [6, 6.07) is 22.4. The van der Waals surface area contributed by atoms with Crippen molar-refractivity contribution in [3.8, 4) is 11.1 Å². The molecule has 0 saturated carbocycles. The van der Waals surface area contributed by atoms with Crippen molar-refractivity contribution in [1.82, 2.24) is 0 Å². The van der Waals surface area contributed by atoms with Crippen molar-refractivity contribution in [3.63, 3.8) is 0 Å². The third-order valence-corrected chi connectivity index (χ3v) is 6.38. The number of rotatable bonds is 5. The molecule has 0 heteroatoms. The van der Waals surface area contributed by atoms with E-state index in [2.05, 4.69) is 114 Å². The van der Waals surface area contributed by atoms with E-state index in [0.29, 0.717) is 11.8 Å². The van der Waals surface area contributed by atoms with Crippen molar-refractivity contribution in [1.29, 1.82) is 0 Å². The monoisotopic (exact) mass is 404 g/mol. The largest absolute Gasteiger partial charge is 0.0991 e. The highest BCUT2D eigenvalue weighted by Crippen LogP contribution is 2.43. The molecule has 0 radical (unpaired) electrons. The van der Waals surface area contributed by atoms with Crippen LogP contribution < -0.4 is 0 Å². The molecular formula is C31H32. The minimum absolute atomic E-state index is 0.433. The molecule has 0 spiro atoms. The molecule has 0 aliphatic rings. The summed E-state index contributed by atoms with van der Waals surface area (Å²) in [5.41, 5.74) is 8.14. The van der Waals surface area contributed by atoms with E-state index < -0.39 is 0 Å². The molecular weight excluding hydrogens is 372 g/mol. The molecule has 0 fully saturated rings. The smallest absolute Gasteiger partial charge is 0.00637 e. The van der Waals surface area contributed by atoms with Crippen molar-refractivity contribution < 1.29 is 0 Å². The zero-order valence-corrected chi connectivity index (χ0v) is 19.4. The lowest BCUT2D eigenvalue weighted by Crippen LogP contribution is -2.01. The molecule has 4 aromatic carbocycles. The van der Waals surface area contributed by atoms with Crippen molar-refractivity contribution in [2.45, 2.75) is 46.5 Å². The molecule has 0 aliphatic heterocycles. The average Bonchev–Trinajstić information content (AvgIpc) is 2.76. The first kappa shape index (κ1) is 21.1. The number of benzene rings is 4. The molecule has 0 aliphatic carbocycles. The van der Waals surface area contributed by atoms with Crippen LogP contribution in [0.5, 0.6) is 0 Å². The van der Waals surface area contributed by atoms with Gasteiger partial charge in [0.05, 0.1) is 0 Å². The first-order valence-electron chi connectivity index (χ1n) is 11.3. The summed E-state index contributed by atoms with van der Waals surface area (Å²) in [4.78, 5) is 0. The van der Waals surface area contributed by atoms with E-state index >= 15 is 0 Å². The average molecular weight is 405 g/mol. The second-order valence-electron chi connectivity index (χ2n) is 9.03. The summed E-state index contributed by atoms with van der Waals surface area (Å²) in [5, 5.41) is 5.37. The van der Waals surface area contributed by atoms with Crippen molar-refractivity contribution in [3.05, 3.63) is 102 Å². The van der Waals surface area contributed by atoms with Gasteiger partial charge in [-0.15, -0.1) is 0 Å². The third kappa shape index (κ3) is 3.61. The molecule has 0 saturated heterocycles. The molecule has 0 bridgehead atoms. The van der Waals surface area contributed by atoms with Gasteiger partial charge in [0, 0.05) is 0 Å². The van der Waals surface area contributed by atoms with Gasteiger partial charge in [-0.2, -0.15) is 0 Å². The Bertz CT molecular complexity index is 1300. The Hall–Kier alpha value is -3.12. The summed E-state index contributed by atoms with van der Waals surface area (Å²) < 4.78 is 0. The van der Waals surface area contributed by atoms with E-state index in [-0.39, 0.29) is 0 Å². The zero-order chi connectivity index (χ0) is 22.1. The molecule has 0 N–H and O–H groups in total. The summed E-state index contributed by atoms with van der Waals surface area (Å²) in [6.45, 7) is 15.3. The molecule has 0 aromatic heterocycles. The summed E-state index contributed by atoms with van der Waals surface area (Å²) >= 11 is 0. The lowest BCUT2D eigenvalue weighted by atomic mass is 9.81. The van der Waals surface area contributed by atoms with Crippen molar-refractivity contribution in [2.75, 3.05) is 0 Å². The molecule has 4 rings (SSSR count). The number of hydrogen-bond acceptors (Lipinski definition) is 0. The molecule has 4 aromatic rings. The van der Waals surface area contributed by atoms with Gasteiger partial charge in [0.25, 0.3) is 0 Å². The van der Waals surface area contributed by atoms with Crippen LogP contribution in [0.15, 0.2) is 79.4 Å². The Morgan fingerprint density at radius 1 is 0.710 bits per heavy atom. The van der Waals surface area contributed by atoms with Gasteiger partial charge in [0.15, 0.2) is 0 Å². The van der Waals surface area contributed by atoms with Crippen LogP contribution in [0.25, 0.3) is 38.7 Å². The Labute approximate surface area is 186 Å². The standard InChI is InChI=1S/C31H32/c1-7-8-13-24-22(6)31(28-17-12-11-16-27(28)30(24)21(4)5)29-19-18-23(20(2)3)25-14-9-10-15-26(25)29/h7-21H,1H2,2-6H3/b13-8-. The van der Waals surface area contributed by atoms with Gasteiger partial charge >= 0.3 is 0 Å². The highest BCUT2D eigenvalue weighted by Gasteiger charge is 2.20. The van der Waals surface area contributed by atoms with Crippen LogP contribution in [0.1, 0.15) is 61.8 Å². The van der Waals surface area contributed by atoms with E-state index in [1.807, 2.05) is 6.08 Å². The fourth-order valence-electron chi connectivity index (χ4n) is 5.01. The molecule has 156 valence electrons. The van der Waals surface area contributed by atoms with E-state index in [0.717, 1.165) is 0 Å². The van der Waals surface area contributed by atoms with Gasteiger partial charge in [0.1, 0.15) is 0 Å². The number of fused-ring (bicyclic) bond motifs is 2. The topological polar surface area (TPSA) is 0 Å². The predicted octanol–water partition coefficient (Wildman–Crippen LogP) is 9.41. The first-order valence-corrected chi connectivity index (χ1v) is 11.3. The fourth-order valence-corrected chi connectivity index (χ4v) is 5.01. The van der Waals surface area contributed by atoms with Gasteiger partial charge in [-0.1, -0.05) is 113 Å². The highest BCUT2D eigenvalue weighted by atomic mass is 14.2. The van der Waals surface area contributed by atoms with Crippen LogP contribution in [-0.4, -0.2) is 0 Å². The number of hydrogen-bond donors (Lipinski definition) is 0. The maximum absolute atomic E-state index is 3.90. The Morgan fingerprint density at radius 3 is 1.94 bits per heavy atom. The lowest BCUT2D eigenvalue weighted by molar-refractivity contribution is 0.872. The highest BCUT2D eigenvalue weighted by molar-refractivity contribution is 6.09. The second kappa shape index (κ2) is 8.55. The van der Waals surface area contributed by atoms with E-state index in [9.17, 15) is 0 Å². The van der Waals surface area contributed by atoms with Crippen LogP contribution in [0, 0.1) is 6.92 Å². The second-order valence-corrected chi connectivity index (χ2v) is 9.03. The lowest BCUT2D eigenvalue weighted by Gasteiger charge is -2.23. The summed E-state index contributed by atoms with van der Waals surface area (Å²) in [6.07, 6.45) is 6.16. The molecule has 0 heterocycles. The fraction of sp³-hybridized carbons (Fsp3) is 0.226. The quantitative estimate of drug-likeness (QED) is 0.291. The van der Waals surface area contributed by atoms with Crippen LogP contribution in [0.4, 0.5) is 0 Å². The minimum Gasteiger partial charge on any atom is -0.0991 e. The van der Waals surface area contributed by atoms with Crippen LogP contribution in [0.2, 0.25) is 0 Å². The Morgan fingerprint density at radius 2 is 1.32 bits per heavy atom. The van der Waals surface area contributed by atoms with E-state index in [1.165, 1.54) is 54.9 Å².